The van der Waals surface area contributed by atoms with Crippen molar-refractivity contribution in [1.82, 2.24) is 4.48 Å². The third-order valence-electron chi connectivity index (χ3n) is 13.1. The van der Waals surface area contributed by atoms with Crippen LogP contribution >= 0.6 is 0 Å². The minimum Gasteiger partial charge on any atom is -0.375 e. The van der Waals surface area contributed by atoms with Gasteiger partial charge in [0, 0.05) is 61.4 Å². The molecule has 10 aromatic rings. The van der Waals surface area contributed by atoms with E-state index in [1.807, 2.05) is 0 Å². The molecule has 3 nitrogen and oxygen atoms in total. The summed E-state index contributed by atoms with van der Waals surface area (Å²) < 4.78 is 2.68. The first-order valence-electron chi connectivity index (χ1n) is 21.5. The Morgan fingerprint density at radius 2 is 1.15 bits per heavy atom. The van der Waals surface area contributed by atoms with Gasteiger partial charge in [0.05, 0.1) is 5.69 Å². The number of aryl methyl sites for hydroxylation is 1. The Bertz CT molecular complexity index is 3320. The van der Waals surface area contributed by atoms with Gasteiger partial charge in [-0.25, -0.2) is 0 Å². The maximum absolute atomic E-state index is 2.68. The molecule has 0 saturated heterocycles. The third-order valence-corrected chi connectivity index (χ3v) is 13.1. The molecule has 290 valence electrons. The van der Waals surface area contributed by atoms with Gasteiger partial charge in [0.2, 0.25) is 0 Å². The first-order chi connectivity index (χ1) is 29.8. The minimum absolute atomic E-state index is 0.0246. The molecule has 0 N–H and O–H groups in total. The van der Waals surface area contributed by atoms with Gasteiger partial charge in [-0.15, -0.1) is 0 Å². The van der Waals surface area contributed by atoms with Crippen molar-refractivity contribution in [3.63, 3.8) is 0 Å². The van der Waals surface area contributed by atoms with Crippen LogP contribution in [0.25, 0.3) is 54.8 Å². The Morgan fingerprint density at radius 3 is 1.85 bits per heavy atom. The van der Waals surface area contributed by atoms with Crippen molar-refractivity contribution in [2.24, 2.45) is 0 Å². The topological polar surface area (TPSA) is 11.4 Å². The smallest absolute Gasteiger partial charge is 0.333 e. The number of hydrogen-bond donors (Lipinski definition) is 0. The van der Waals surface area contributed by atoms with E-state index in [-0.39, 0.29) is 12.3 Å². The molecule has 0 unspecified atom stereocenters. The summed E-state index contributed by atoms with van der Waals surface area (Å²) in [4.78, 5) is 4.98. The van der Waals surface area contributed by atoms with E-state index in [1.54, 1.807) is 0 Å². The molecule has 2 aliphatic rings. The number of hydrogen-bond acceptors (Lipinski definition) is 2. The van der Waals surface area contributed by atoms with Crippen molar-refractivity contribution in [3.05, 3.63) is 205 Å². The summed E-state index contributed by atoms with van der Waals surface area (Å²) in [7, 11) is 0. The Balaban J connectivity index is 1.21. The largest absolute Gasteiger partial charge is 0.375 e. The van der Waals surface area contributed by atoms with Gasteiger partial charge in [-0.3, -0.25) is 0 Å². The minimum atomic E-state index is -0.0575. The van der Waals surface area contributed by atoms with Crippen LogP contribution in [-0.2, 0) is 5.41 Å². The average Bonchev–Trinajstić information content (AvgIpc) is 3.61. The van der Waals surface area contributed by atoms with Gasteiger partial charge in [0.25, 0.3) is 0 Å². The number of nitrogens with zero attached hydrogens (tertiary/aromatic N) is 3. The molecule has 12 rings (SSSR count). The number of anilines is 6. The normalized spacial score (nSPS) is 12.9. The Labute approximate surface area is 357 Å². The van der Waals surface area contributed by atoms with Gasteiger partial charge < -0.3 is 14.3 Å². The van der Waals surface area contributed by atoms with Gasteiger partial charge in [0.1, 0.15) is 0 Å². The predicted octanol–water partition coefficient (Wildman–Crippen LogP) is 14.1. The van der Waals surface area contributed by atoms with Crippen LogP contribution < -0.4 is 20.7 Å². The lowest BCUT2D eigenvalue weighted by Crippen LogP contribution is -2.56. The number of fused-ring (bicyclic) bond motifs is 8. The summed E-state index contributed by atoms with van der Waals surface area (Å²) >= 11 is 0. The van der Waals surface area contributed by atoms with Gasteiger partial charge >= 0.3 is 6.85 Å². The zero-order chi connectivity index (χ0) is 41.0. The van der Waals surface area contributed by atoms with E-state index in [0.717, 1.165) is 17.1 Å². The van der Waals surface area contributed by atoms with E-state index in [1.165, 1.54) is 93.9 Å². The van der Waals surface area contributed by atoms with Crippen LogP contribution in [-0.4, -0.2) is 11.3 Å². The van der Waals surface area contributed by atoms with Gasteiger partial charge in [-0.2, -0.15) is 0 Å². The second kappa shape index (κ2) is 13.4. The van der Waals surface area contributed by atoms with Crippen molar-refractivity contribution in [1.29, 1.82) is 0 Å². The fourth-order valence-electron chi connectivity index (χ4n) is 10.3. The fraction of sp³-hybridized carbons (Fsp3) is 0.0877. The molecular formula is C57H44BN3. The predicted molar refractivity (Wildman–Crippen MR) is 261 cm³/mol. The number of para-hydroxylation sites is 3. The van der Waals surface area contributed by atoms with Crippen molar-refractivity contribution >= 4 is 84.5 Å². The first-order valence-corrected chi connectivity index (χ1v) is 21.5. The Kier molecular flexibility index (Phi) is 7.80. The lowest BCUT2D eigenvalue weighted by atomic mass is 9.45. The molecule has 0 bridgehead atoms. The van der Waals surface area contributed by atoms with Crippen LogP contribution in [0.5, 0.6) is 0 Å². The maximum atomic E-state index is 2.68. The summed E-state index contributed by atoms with van der Waals surface area (Å²) in [5.74, 6) is 0. The SMILES string of the molecule is Cc1cc2c3c(c1)N(c1ccc(C(C)(C)C)cc1-c1ccccc1)c1cc(N(c4ccccc4)c4ccccc4)ccc1B3n1c3cc4ccccc4cc3c3cccc-2c31. The molecule has 0 amide bonds. The van der Waals surface area contributed by atoms with E-state index >= 15 is 0 Å². The highest BCUT2D eigenvalue weighted by molar-refractivity contribution is 6.90. The molecule has 1 aromatic heterocycles. The van der Waals surface area contributed by atoms with E-state index in [9.17, 15) is 0 Å². The standard InChI is InChI=1S/C57H44BN3/c1-37-31-49-46-26-16-25-45-48-33-39-19-14-15-20-40(39)34-52(48)61(56(45)46)58-50-29-28-44(59(42-21-10-6-11-22-42)43-23-12-7-13-24-43)36-53(50)60(54(32-37)55(49)58)51-30-27-41(57(2,3)4)35-47(51)38-17-8-5-9-18-38/h5-36H,1-4H3. The van der Waals surface area contributed by atoms with Crippen LogP contribution in [0.15, 0.2) is 194 Å². The number of benzene rings is 9. The molecule has 3 heterocycles. The van der Waals surface area contributed by atoms with Crippen molar-refractivity contribution in [2.45, 2.75) is 33.1 Å². The molecule has 0 radical (unpaired) electrons. The van der Waals surface area contributed by atoms with Crippen molar-refractivity contribution in [2.75, 3.05) is 9.80 Å². The highest BCUT2D eigenvalue weighted by Gasteiger charge is 2.43. The number of rotatable bonds is 5. The molecule has 0 atom stereocenters. The first kappa shape index (κ1) is 35.6. The lowest BCUT2D eigenvalue weighted by molar-refractivity contribution is 0.590. The quantitative estimate of drug-likeness (QED) is 0.161. The summed E-state index contributed by atoms with van der Waals surface area (Å²) in [6, 6.07) is 72.3. The van der Waals surface area contributed by atoms with Crippen molar-refractivity contribution in [3.8, 4) is 22.3 Å². The molecule has 0 aliphatic carbocycles. The summed E-state index contributed by atoms with van der Waals surface area (Å²) in [5, 5.41) is 5.12. The molecule has 2 aliphatic heterocycles. The van der Waals surface area contributed by atoms with Crippen molar-refractivity contribution < 1.29 is 0 Å². The highest BCUT2D eigenvalue weighted by atomic mass is 15.2. The molecule has 0 fully saturated rings. The molecule has 0 saturated carbocycles. The van der Waals surface area contributed by atoms with Crippen LogP contribution in [0.4, 0.5) is 34.1 Å². The van der Waals surface area contributed by atoms with E-state index in [4.69, 9.17) is 0 Å². The lowest BCUT2D eigenvalue weighted by Gasteiger charge is -2.42. The summed E-state index contributed by atoms with van der Waals surface area (Å²) in [5.41, 5.74) is 19.7. The Hall–Kier alpha value is -7.30. The second-order valence-corrected chi connectivity index (χ2v) is 17.9. The molecule has 9 aromatic carbocycles. The van der Waals surface area contributed by atoms with E-state index in [0.29, 0.717) is 0 Å². The highest BCUT2D eigenvalue weighted by Crippen LogP contribution is 2.49. The Morgan fingerprint density at radius 1 is 0.475 bits per heavy atom. The average molecular weight is 782 g/mol. The van der Waals surface area contributed by atoms with Crippen LogP contribution in [0.3, 0.4) is 0 Å². The van der Waals surface area contributed by atoms with Gasteiger partial charge in [0.15, 0.2) is 0 Å². The van der Waals surface area contributed by atoms with E-state index in [2.05, 4.69) is 236 Å². The van der Waals surface area contributed by atoms with Gasteiger partial charge in [-0.05, 0) is 123 Å². The number of aromatic nitrogens is 1. The fourth-order valence-corrected chi connectivity index (χ4v) is 10.3. The van der Waals surface area contributed by atoms with Gasteiger partial charge in [-0.1, -0.05) is 148 Å². The molecule has 61 heavy (non-hydrogen) atoms. The molecular weight excluding hydrogens is 737 g/mol. The molecule has 0 spiro atoms. The molecule has 4 heteroatoms. The van der Waals surface area contributed by atoms with Crippen LogP contribution in [0, 0.1) is 6.92 Å². The maximum Gasteiger partial charge on any atom is 0.333 e. The van der Waals surface area contributed by atoms with Crippen LogP contribution in [0.2, 0.25) is 0 Å². The monoisotopic (exact) mass is 781 g/mol. The third kappa shape index (κ3) is 5.45. The van der Waals surface area contributed by atoms with E-state index < -0.39 is 0 Å². The second-order valence-electron chi connectivity index (χ2n) is 17.9. The van der Waals surface area contributed by atoms with Crippen LogP contribution in [0.1, 0.15) is 31.9 Å². The zero-order valence-corrected chi connectivity index (χ0v) is 34.9. The summed E-state index contributed by atoms with van der Waals surface area (Å²) in [6.07, 6.45) is 0. The zero-order valence-electron chi connectivity index (χ0n) is 34.9. The summed E-state index contributed by atoms with van der Waals surface area (Å²) in [6.45, 7) is 9.14.